The van der Waals surface area contributed by atoms with Crippen LogP contribution in [0.5, 0.6) is 5.75 Å². The van der Waals surface area contributed by atoms with Crippen molar-refractivity contribution in [2.45, 2.75) is 32.5 Å². The molecule has 100 valence electrons. The van der Waals surface area contributed by atoms with Gasteiger partial charge in [0.15, 0.2) is 0 Å². The zero-order valence-corrected chi connectivity index (χ0v) is 11.5. The largest absolute Gasteiger partial charge is 0.489 e. The summed E-state index contributed by atoms with van der Waals surface area (Å²) in [6, 6.07) is 18.0. The van der Waals surface area contributed by atoms with E-state index in [1.54, 1.807) is 0 Å². The Morgan fingerprint density at radius 1 is 0.895 bits per heavy atom. The first-order valence-corrected chi connectivity index (χ1v) is 6.51. The topological polar surface area (TPSA) is 29.5 Å². The number of ether oxygens (including phenoxy) is 1. The van der Waals surface area contributed by atoms with Gasteiger partial charge in [-0.1, -0.05) is 42.5 Å². The molecular formula is C17H20O2. The Kier molecular flexibility index (Phi) is 4.23. The van der Waals surface area contributed by atoms with Gasteiger partial charge in [0, 0.05) is 6.42 Å². The lowest BCUT2D eigenvalue weighted by Gasteiger charge is -2.17. The van der Waals surface area contributed by atoms with E-state index in [0.29, 0.717) is 13.0 Å². The highest BCUT2D eigenvalue weighted by Gasteiger charge is 2.13. The Bertz CT molecular complexity index is 495. The van der Waals surface area contributed by atoms with E-state index >= 15 is 0 Å². The highest BCUT2D eigenvalue weighted by molar-refractivity contribution is 5.28. The standard InChI is InChI=1S/C17H20O2/c1-17(2,18)12-14-8-10-16(11-9-14)19-13-15-6-4-3-5-7-15/h3-11,18H,12-13H2,1-2H3. The van der Waals surface area contributed by atoms with Gasteiger partial charge in [-0.15, -0.1) is 0 Å². The maximum Gasteiger partial charge on any atom is 0.119 e. The normalized spacial score (nSPS) is 11.3. The summed E-state index contributed by atoms with van der Waals surface area (Å²) in [5.74, 6) is 0.850. The van der Waals surface area contributed by atoms with Gasteiger partial charge in [0.25, 0.3) is 0 Å². The van der Waals surface area contributed by atoms with E-state index in [-0.39, 0.29) is 0 Å². The second-order valence-corrected chi connectivity index (χ2v) is 5.41. The number of benzene rings is 2. The van der Waals surface area contributed by atoms with Gasteiger partial charge in [-0.3, -0.25) is 0 Å². The molecule has 0 aliphatic rings. The third-order valence-electron chi connectivity index (χ3n) is 2.81. The van der Waals surface area contributed by atoms with Crippen LogP contribution in [0.4, 0.5) is 0 Å². The van der Waals surface area contributed by atoms with Crippen LogP contribution < -0.4 is 4.74 Å². The van der Waals surface area contributed by atoms with Crippen LogP contribution in [0.1, 0.15) is 25.0 Å². The van der Waals surface area contributed by atoms with Crippen LogP contribution in [0.15, 0.2) is 54.6 Å². The lowest BCUT2D eigenvalue weighted by molar-refractivity contribution is 0.0810. The summed E-state index contributed by atoms with van der Waals surface area (Å²) in [6.07, 6.45) is 0.645. The molecule has 0 spiro atoms. The van der Waals surface area contributed by atoms with Crippen molar-refractivity contribution in [1.82, 2.24) is 0 Å². The SMILES string of the molecule is CC(C)(O)Cc1ccc(OCc2ccccc2)cc1. The maximum absolute atomic E-state index is 9.76. The molecule has 2 heteroatoms. The molecule has 2 aromatic rings. The number of rotatable bonds is 5. The van der Waals surface area contributed by atoms with Gasteiger partial charge in [-0.05, 0) is 37.1 Å². The molecule has 0 heterocycles. The van der Waals surface area contributed by atoms with Crippen molar-refractivity contribution in [3.8, 4) is 5.75 Å². The van der Waals surface area contributed by atoms with Gasteiger partial charge in [-0.2, -0.15) is 0 Å². The molecule has 0 atom stereocenters. The van der Waals surface area contributed by atoms with Crippen LogP contribution in [0.3, 0.4) is 0 Å². The molecular weight excluding hydrogens is 236 g/mol. The Hall–Kier alpha value is -1.80. The molecule has 0 aliphatic heterocycles. The second kappa shape index (κ2) is 5.89. The molecule has 0 bridgehead atoms. The van der Waals surface area contributed by atoms with Crippen LogP contribution in [0.2, 0.25) is 0 Å². The average Bonchev–Trinajstić information content (AvgIpc) is 2.37. The van der Waals surface area contributed by atoms with Crippen LogP contribution in [-0.2, 0) is 13.0 Å². The van der Waals surface area contributed by atoms with Gasteiger partial charge < -0.3 is 9.84 Å². The van der Waals surface area contributed by atoms with E-state index in [2.05, 4.69) is 0 Å². The average molecular weight is 256 g/mol. The molecule has 19 heavy (non-hydrogen) atoms. The minimum Gasteiger partial charge on any atom is -0.489 e. The summed E-state index contributed by atoms with van der Waals surface area (Å²) in [7, 11) is 0. The van der Waals surface area contributed by atoms with Gasteiger partial charge >= 0.3 is 0 Å². The number of hydrogen-bond acceptors (Lipinski definition) is 2. The van der Waals surface area contributed by atoms with Crippen molar-refractivity contribution in [3.63, 3.8) is 0 Å². The number of hydrogen-bond donors (Lipinski definition) is 1. The van der Waals surface area contributed by atoms with Crippen LogP contribution in [0.25, 0.3) is 0 Å². The Balaban J connectivity index is 1.92. The van der Waals surface area contributed by atoms with E-state index in [1.807, 2.05) is 68.4 Å². The highest BCUT2D eigenvalue weighted by Crippen LogP contribution is 2.17. The smallest absolute Gasteiger partial charge is 0.119 e. The summed E-state index contributed by atoms with van der Waals surface area (Å²) in [5, 5.41) is 9.76. The van der Waals surface area contributed by atoms with Gasteiger partial charge in [0.1, 0.15) is 12.4 Å². The van der Waals surface area contributed by atoms with E-state index in [1.165, 1.54) is 0 Å². The molecule has 0 saturated heterocycles. The quantitative estimate of drug-likeness (QED) is 0.886. The zero-order valence-electron chi connectivity index (χ0n) is 11.5. The molecule has 0 radical (unpaired) electrons. The summed E-state index contributed by atoms with van der Waals surface area (Å²) in [4.78, 5) is 0. The molecule has 0 fully saturated rings. The second-order valence-electron chi connectivity index (χ2n) is 5.41. The van der Waals surface area contributed by atoms with Crippen molar-refractivity contribution in [1.29, 1.82) is 0 Å². The van der Waals surface area contributed by atoms with E-state index in [9.17, 15) is 5.11 Å². The molecule has 0 saturated carbocycles. The predicted molar refractivity (Wildman–Crippen MR) is 77.2 cm³/mol. The first-order valence-electron chi connectivity index (χ1n) is 6.51. The van der Waals surface area contributed by atoms with Crippen LogP contribution in [-0.4, -0.2) is 10.7 Å². The maximum atomic E-state index is 9.76. The van der Waals surface area contributed by atoms with E-state index in [0.717, 1.165) is 16.9 Å². The molecule has 1 N–H and O–H groups in total. The lowest BCUT2D eigenvalue weighted by atomic mass is 9.99. The molecule has 0 aliphatic carbocycles. The third kappa shape index (κ3) is 4.76. The highest BCUT2D eigenvalue weighted by atomic mass is 16.5. The summed E-state index contributed by atoms with van der Waals surface area (Å²) >= 11 is 0. The van der Waals surface area contributed by atoms with Crippen LogP contribution in [0, 0.1) is 0 Å². The Morgan fingerprint density at radius 3 is 2.11 bits per heavy atom. The lowest BCUT2D eigenvalue weighted by Crippen LogP contribution is -2.21. The minimum atomic E-state index is -0.674. The van der Waals surface area contributed by atoms with E-state index < -0.39 is 5.60 Å². The fraction of sp³-hybridized carbons (Fsp3) is 0.294. The van der Waals surface area contributed by atoms with Gasteiger partial charge in [0.05, 0.1) is 5.60 Å². The summed E-state index contributed by atoms with van der Waals surface area (Å²) < 4.78 is 5.71. The van der Waals surface area contributed by atoms with Crippen molar-refractivity contribution in [2.24, 2.45) is 0 Å². The molecule has 0 aromatic heterocycles. The molecule has 2 rings (SSSR count). The predicted octanol–water partition coefficient (Wildman–Crippen LogP) is 3.58. The van der Waals surface area contributed by atoms with E-state index in [4.69, 9.17) is 4.74 Å². The van der Waals surface area contributed by atoms with Gasteiger partial charge in [0.2, 0.25) is 0 Å². The molecule has 0 unspecified atom stereocenters. The minimum absolute atomic E-state index is 0.575. The Labute approximate surface area is 114 Å². The fourth-order valence-corrected chi connectivity index (χ4v) is 1.94. The van der Waals surface area contributed by atoms with Crippen LogP contribution >= 0.6 is 0 Å². The molecule has 2 aromatic carbocycles. The van der Waals surface area contributed by atoms with Crippen molar-refractivity contribution >= 4 is 0 Å². The van der Waals surface area contributed by atoms with Crippen molar-refractivity contribution in [2.75, 3.05) is 0 Å². The number of aliphatic hydroxyl groups is 1. The molecule has 2 nitrogen and oxygen atoms in total. The first-order chi connectivity index (χ1) is 9.03. The van der Waals surface area contributed by atoms with Crippen molar-refractivity contribution < 1.29 is 9.84 Å². The zero-order chi connectivity index (χ0) is 13.7. The fourth-order valence-electron chi connectivity index (χ4n) is 1.94. The summed E-state index contributed by atoms with van der Waals surface area (Å²) in [6.45, 7) is 4.20. The van der Waals surface area contributed by atoms with Crippen molar-refractivity contribution in [3.05, 3.63) is 65.7 Å². The van der Waals surface area contributed by atoms with Gasteiger partial charge in [-0.25, -0.2) is 0 Å². The summed E-state index contributed by atoms with van der Waals surface area (Å²) in [5.41, 5.74) is 1.59. The third-order valence-corrected chi connectivity index (χ3v) is 2.81. The first kappa shape index (κ1) is 13.6. The Morgan fingerprint density at radius 2 is 1.53 bits per heavy atom. The molecule has 0 amide bonds. The monoisotopic (exact) mass is 256 g/mol.